The second-order valence-corrected chi connectivity index (χ2v) is 4.61. The molecule has 1 aromatic carbocycles. The van der Waals surface area contributed by atoms with E-state index in [0.29, 0.717) is 37.1 Å². The number of aldehydes is 1. The Balaban J connectivity index is 2.11. The van der Waals surface area contributed by atoms with E-state index in [1.807, 2.05) is 7.05 Å². The SMILES string of the molecule is Cn1ncc2c(C=O)cc3nnn(CCCOC=O)c3c21. The molecule has 8 heteroatoms. The Hall–Kier alpha value is -2.77. The molecular formula is C13H13N5O3. The van der Waals surface area contributed by atoms with Gasteiger partial charge in [-0.05, 0) is 6.07 Å². The van der Waals surface area contributed by atoms with Gasteiger partial charge in [0, 0.05) is 31.0 Å². The summed E-state index contributed by atoms with van der Waals surface area (Å²) in [5.74, 6) is 0. The van der Waals surface area contributed by atoms with Crippen LogP contribution in [0.25, 0.3) is 21.9 Å². The van der Waals surface area contributed by atoms with Crippen LogP contribution in [0.2, 0.25) is 0 Å². The van der Waals surface area contributed by atoms with Gasteiger partial charge in [-0.15, -0.1) is 5.10 Å². The average molecular weight is 287 g/mol. The Morgan fingerprint density at radius 1 is 1.33 bits per heavy atom. The van der Waals surface area contributed by atoms with Crippen molar-refractivity contribution in [1.82, 2.24) is 24.8 Å². The van der Waals surface area contributed by atoms with Crippen LogP contribution < -0.4 is 0 Å². The van der Waals surface area contributed by atoms with Crippen molar-refractivity contribution in [1.29, 1.82) is 0 Å². The molecule has 0 fully saturated rings. The van der Waals surface area contributed by atoms with E-state index >= 15 is 0 Å². The van der Waals surface area contributed by atoms with Crippen molar-refractivity contribution in [2.75, 3.05) is 6.61 Å². The smallest absolute Gasteiger partial charge is 0.293 e. The van der Waals surface area contributed by atoms with Crippen LogP contribution >= 0.6 is 0 Å². The van der Waals surface area contributed by atoms with Crippen LogP contribution in [-0.2, 0) is 23.1 Å². The van der Waals surface area contributed by atoms with Crippen molar-refractivity contribution in [2.45, 2.75) is 13.0 Å². The standard InChI is InChI=1S/C13H13N5O3/c1-17-12-10(6-14-17)9(7-19)5-11-13(12)18(16-15-11)3-2-4-21-8-20/h5-8H,2-4H2,1H3. The molecule has 0 unspecified atom stereocenters. The van der Waals surface area contributed by atoms with Gasteiger partial charge in [0.2, 0.25) is 0 Å². The lowest BCUT2D eigenvalue weighted by Crippen LogP contribution is -2.05. The first-order valence-electron chi connectivity index (χ1n) is 6.44. The van der Waals surface area contributed by atoms with Crippen molar-refractivity contribution in [3.63, 3.8) is 0 Å². The maximum absolute atomic E-state index is 11.2. The lowest BCUT2D eigenvalue weighted by Gasteiger charge is -2.04. The van der Waals surface area contributed by atoms with Crippen LogP contribution in [0.5, 0.6) is 0 Å². The Labute approximate surface area is 119 Å². The molecule has 0 amide bonds. The number of hydrogen-bond acceptors (Lipinski definition) is 6. The largest absolute Gasteiger partial charge is 0.468 e. The van der Waals surface area contributed by atoms with Gasteiger partial charge in [0.05, 0.1) is 18.3 Å². The number of ether oxygens (including phenoxy) is 1. The zero-order valence-corrected chi connectivity index (χ0v) is 11.4. The number of rotatable bonds is 6. The highest BCUT2D eigenvalue weighted by atomic mass is 16.5. The molecule has 0 aliphatic heterocycles. The van der Waals surface area contributed by atoms with Gasteiger partial charge in [-0.2, -0.15) is 5.10 Å². The fraction of sp³-hybridized carbons (Fsp3) is 0.308. The van der Waals surface area contributed by atoms with E-state index in [1.54, 1.807) is 21.6 Å². The number of aryl methyl sites for hydroxylation is 2. The molecule has 0 aliphatic rings. The van der Waals surface area contributed by atoms with Gasteiger partial charge in [0.1, 0.15) is 11.0 Å². The van der Waals surface area contributed by atoms with Crippen LogP contribution in [-0.4, -0.2) is 44.1 Å². The summed E-state index contributed by atoms with van der Waals surface area (Å²) < 4.78 is 8.11. The second-order valence-electron chi connectivity index (χ2n) is 4.61. The van der Waals surface area contributed by atoms with Gasteiger partial charge in [0.15, 0.2) is 6.29 Å². The van der Waals surface area contributed by atoms with Crippen molar-refractivity contribution >= 4 is 34.7 Å². The highest BCUT2D eigenvalue weighted by molar-refractivity contribution is 6.09. The molecule has 2 heterocycles. The van der Waals surface area contributed by atoms with E-state index in [0.717, 1.165) is 22.7 Å². The third kappa shape index (κ3) is 2.14. The van der Waals surface area contributed by atoms with Crippen molar-refractivity contribution in [3.8, 4) is 0 Å². The van der Waals surface area contributed by atoms with Crippen LogP contribution in [0.1, 0.15) is 16.8 Å². The predicted octanol–water partition coefficient (Wildman–Crippen LogP) is 0.694. The Morgan fingerprint density at radius 2 is 2.19 bits per heavy atom. The van der Waals surface area contributed by atoms with E-state index in [-0.39, 0.29) is 0 Å². The zero-order valence-electron chi connectivity index (χ0n) is 11.4. The topological polar surface area (TPSA) is 91.9 Å². The molecule has 0 N–H and O–H groups in total. The maximum Gasteiger partial charge on any atom is 0.293 e. The van der Waals surface area contributed by atoms with E-state index in [4.69, 9.17) is 0 Å². The lowest BCUT2D eigenvalue weighted by atomic mass is 10.1. The maximum atomic E-state index is 11.2. The number of carbonyl (C=O) groups is 2. The summed E-state index contributed by atoms with van der Waals surface area (Å²) >= 11 is 0. The Morgan fingerprint density at radius 3 is 2.95 bits per heavy atom. The van der Waals surface area contributed by atoms with Crippen LogP contribution in [0.15, 0.2) is 12.3 Å². The summed E-state index contributed by atoms with van der Waals surface area (Å²) in [5.41, 5.74) is 2.82. The number of nitrogens with zero attached hydrogens (tertiary/aromatic N) is 5. The predicted molar refractivity (Wildman–Crippen MR) is 73.8 cm³/mol. The van der Waals surface area contributed by atoms with Crippen LogP contribution in [0.4, 0.5) is 0 Å². The first-order valence-corrected chi connectivity index (χ1v) is 6.44. The van der Waals surface area contributed by atoms with Crippen molar-refractivity contribution in [3.05, 3.63) is 17.8 Å². The number of fused-ring (bicyclic) bond motifs is 3. The highest BCUT2D eigenvalue weighted by Gasteiger charge is 2.15. The summed E-state index contributed by atoms with van der Waals surface area (Å²) in [7, 11) is 1.81. The van der Waals surface area contributed by atoms with Gasteiger partial charge in [-0.25, -0.2) is 4.68 Å². The fourth-order valence-electron chi connectivity index (χ4n) is 2.42. The van der Waals surface area contributed by atoms with Gasteiger partial charge in [-0.3, -0.25) is 14.3 Å². The highest BCUT2D eigenvalue weighted by Crippen LogP contribution is 2.26. The molecule has 0 saturated carbocycles. The van der Waals surface area contributed by atoms with Crippen LogP contribution in [0, 0.1) is 0 Å². The molecule has 0 saturated heterocycles. The average Bonchev–Trinajstić information content (AvgIpc) is 3.07. The molecule has 3 rings (SSSR count). The van der Waals surface area contributed by atoms with Crippen molar-refractivity contribution < 1.29 is 14.3 Å². The molecule has 8 nitrogen and oxygen atoms in total. The molecule has 2 aromatic heterocycles. The number of carbonyl (C=O) groups excluding carboxylic acids is 2. The first kappa shape index (κ1) is 13.2. The monoisotopic (exact) mass is 287 g/mol. The Kier molecular flexibility index (Phi) is 3.35. The molecule has 0 radical (unpaired) electrons. The minimum absolute atomic E-state index is 0.325. The molecule has 0 aliphatic carbocycles. The number of hydrogen-bond donors (Lipinski definition) is 0. The van der Waals surface area contributed by atoms with E-state index in [9.17, 15) is 9.59 Å². The number of benzene rings is 1. The van der Waals surface area contributed by atoms with Crippen molar-refractivity contribution in [2.24, 2.45) is 7.05 Å². The first-order chi connectivity index (χ1) is 10.3. The summed E-state index contributed by atoms with van der Waals surface area (Å²) in [5, 5.41) is 13.2. The second kappa shape index (κ2) is 5.31. The third-order valence-electron chi connectivity index (χ3n) is 3.35. The minimum Gasteiger partial charge on any atom is -0.468 e. The fourth-order valence-corrected chi connectivity index (χ4v) is 2.42. The van der Waals surface area contributed by atoms with E-state index in [2.05, 4.69) is 20.1 Å². The summed E-state index contributed by atoms with van der Waals surface area (Å²) in [6, 6.07) is 1.71. The molecule has 0 spiro atoms. The zero-order chi connectivity index (χ0) is 14.8. The minimum atomic E-state index is 0.325. The quantitative estimate of drug-likeness (QED) is 0.489. The molecular weight excluding hydrogens is 274 g/mol. The summed E-state index contributed by atoms with van der Waals surface area (Å²) in [6.07, 6.45) is 3.08. The normalized spacial score (nSPS) is 11.1. The molecule has 0 atom stereocenters. The molecule has 3 aromatic rings. The van der Waals surface area contributed by atoms with Gasteiger partial charge in [-0.1, -0.05) is 5.21 Å². The van der Waals surface area contributed by atoms with Gasteiger partial charge in [0.25, 0.3) is 6.47 Å². The summed E-state index contributed by atoms with van der Waals surface area (Å²) in [6.45, 7) is 1.31. The molecule has 108 valence electrons. The molecule has 21 heavy (non-hydrogen) atoms. The summed E-state index contributed by atoms with van der Waals surface area (Å²) in [4.78, 5) is 21.3. The lowest BCUT2D eigenvalue weighted by molar-refractivity contribution is -0.128. The van der Waals surface area contributed by atoms with Crippen LogP contribution in [0.3, 0.4) is 0 Å². The van der Waals surface area contributed by atoms with Gasteiger partial charge < -0.3 is 4.74 Å². The number of aromatic nitrogens is 5. The Bertz CT molecular complexity index is 820. The van der Waals surface area contributed by atoms with E-state index < -0.39 is 0 Å². The third-order valence-corrected chi connectivity index (χ3v) is 3.35. The van der Waals surface area contributed by atoms with E-state index in [1.165, 1.54) is 0 Å². The van der Waals surface area contributed by atoms with Gasteiger partial charge >= 0.3 is 0 Å². The molecule has 0 bridgehead atoms.